The van der Waals surface area contributed by atoms with Crippen LogP contribution in [0.1, 0.15) is 21.1 Å². The molecule has 0 bridgehead atoms. The highest BCUT2D eigenvalue weighted by Crippen LogP contribution is 2.30. The highest BCUT2D eigenvalue weighted by molar-refractivity contribution is 7.15. The molecule has 0 unspecified atom stereocenters. The van der Waals surface area contributed by atoms with Crippen LogP contribution in [0.15, 0.2) is 36.3 Å². The van der Waals surface area contributed by atoms with Crippen molar-refractivity contribution in [2.24, 2.45) is 0 Å². The molecule has 2 aliphatic rings. The molecular weight excluding hydrogens is 322 g/mol. The monoisotopic (exact) mass is 339 g/mol. The van der Waals surface area contributed by atoms with Crippen LogP contribution in [0.4, 0.5) is 0 Å². The third-order valence-corrected chi connectivity index (χ3v) is 5.42. The van der Waals surface area contributed by atoms with Crippen LogP contribution in [-0.4, -0.2) is 45.9 Å². The molecule has 0 fully saturated rings. The second-order valence-corrected chi connectivity index (χ2v) is 6.78. The van der Waals surface area contributed by atoms with Gasteiger partial charge >= 0.3 is 0 Å². The van der Waals surface area contributed by atoms with Gasteiger partial charge in [0.25, 0.3) is 5.91 Å². The van der Waals surface area contributed by atoms with Gasteiger partial charge in [-0.1, -0.05) is 6.08 Å². The number of hydrogen-bond donors (Lipinski definition) is 1. The quantitative estimate of drug-likeness (QED) is 0.923. The molecule has 0 atom stereocenters. The first-order valence-corrected chi connectivity index (χ1v) is 8.72. The van der Waals surface area contributed by atoms with Gasteiger partial charge in [-0.25, -0.2) is 15.0 Å². The molecule has 0 saturated heterocycles. The maximum Gasteiger partial charge on any atom is 0.271 e. The Kier molecular flexibility index (Phi) is 3.86. The fraction of sp³-hybridized carbons (Fsp3) is 0.294. The summed E-state index contributed by atoms with van der Waals surface area (Å²) in [5.74, 6) is -0.233. The lowest BCUT2D eigenvalue weighted by Gasteiger charge is -2.26. The SMILES string of the molecule is CNC(=O)c1cnc(-c2nc3c(s2)CCN(C2=CC=C2)CC3)cn1. The Morgan fingerprint density at radius 1 is 1.25 bits per heavy atom. The van der Waals surface area contributed by atoms with Gasteiger partial charge in [0.2, 0.25) is 0 Å². The summed E-state index contributed by atoms with van der Waals surface area (Å²) < 4.78 is 0. The van der Waals surface area contributed by atoms with Gasteiger partial charge in [-0.05, 0) is 12.2 Å². The fourth-order valence-electron chi connectivity index (χ4n) is 2.81. The van der Waals surface area contributed by atoms with E-state index in [9.17, 15) is 4.79 Å². The van der Waals surface area contributed by atoms with Gasteiger partial charge in [-0.15, -0.1) is 11.3 Å². The number of nitrogens with one attached hydrogen (secondary N) is 1. The van der Waals surface area contributed by atoms with E-state index < -0.39 is 0 Å². The average molecular weight is 339 g/mol. The van der Waals surface area contributed by atoms with Crippen LogP contribution in [0.3, 0.4) is 0 Å². The predicted molar refractivity (Wildman–Crippen MR) is 92.7 cm³/mol. The van der Waals surface area contributed by atoms with Crippen molar-refractivity contribution in [2.45, 2.75) is 12.8 Å². The third-order valence-electron chi connectivity index (χ3n) is 4.24. The Balaban J connectivity index is 1.52. The van der Waals surface area contributed by atoms with Crippen LogP contribution in [0.2, 0.25) is 0 Å². The van der Waals surface area contributed by atoms with Gasteiger partial charge in [0.05, 0.1) is 18.1 Å². The summed E-state index contributed by atoms with van der Waals surface area (Å²) in [5, 5.41) is 3.42. The van der Waals surface area contributed by atoms with E-state index in [1.807, 2.05) is 0 Å². The molecule has 1 N–H and O–H groups in total. The number of carbonyl (C=O) groups excluding carboxylic acids is 1. The van der Waals surface area contributed by atoms with Crippen LogP contribution in [0, 0.1) is 0 Å². The van der Waals surface area contributed by atoms with Gasteiger partial charge in [0.15, 0.2) is 0 Å². The summed E-state index contributed by atoms with van der Waals surface area (Å²) in [5.41, 5.74) is 3.53. The van der Waals surface area contributed by atoms with Crippen LogP contribution < -0.4 is 5.32 Å². The Bertz CT molecular complexity index is 812. The lowest BCUT2D eigenvalue weighted by molar-refractivity contribution is 0.0958. The second-order valence-electron chi connectivity index (χ2n) is 5.69. The van der Waals surface area contributed by atoms with E-state index in [0.29, 0.717) is 5.69 Å². The molecule has 0 radical (unpaired) electrons. The van der Waals surface area contributed by atoms with Crippen molar-refractivity contribution in [3.05, 3.63) is 52.6 Å². The smallest absolute Gasteiger partial charge is 0.271 e. The zero-order valence-electron chi connectivity index (χ0n) is 13.3. The predicted octanol–water partition coefficient (Wildman–Crippen LogP) is 1.81. The van der Waals surface area contributed by atoms with E-state index in [1.165, 1.54) is 22.5 Å². The number of rotatable bonds is 3. The standard InChI is InChI=1S/C17H17N5OS/c1-18-16(23)13-9-20-14(10-19-13)17-21-12-5-7-22(11-3-2-4-11)8-6-15(12)24-17/h2-4,9-10H,5-8H2,1H3,(H,18,23). The molecule has 7 heteroatoms. The Morgan fingerprint density at radius 2 is 2.08 bits per heavy atom. The van der Waals surface area contributed by atoms with Crippen molar-refractivity contribution in [3.8, 4) is 10.7 Å². The Morgan fingerprint density at radius 3 is 2.75 bits per heavy atom. The average Bonchev–Trinajstić information content (AvgIpc) is 2.89. The first-order valence-electron chi connectivity index (χ1n) is 7.91. The molecule has 24 heavy (non-hydrogen) atoms. The highest BCUT2D eigenvalue weighted by Gasteiger charge is 2.21. The minimum Gasteiger partial charge on any atom is -0.371 e. The molecule has 2 aromatic rings. The maximum absolute atomic E-state index is 11.5. The summed E-state index contributed by atoms with van der Waals surface area (Å²) in [4.78, 5) is 28.6. The van der Waals surface area contributed by atoms with E-state index >= 15 is 0 Å². The molecule has 3 heterocycles. The van der Waals surface area contributed by atoms with Crippen molar-refractivity contribution in [2.75, 3.05) is 20.1 Å². The Labute approximate surface area is 144 Å². The van der Waals surface area contributed by atoms with E-state index in [1.54, 1.807) is 24.6 Å². The zero-order chi connectivity index (χ0) is 16.5. The summed E-state index contributed by atoms with van der Waals surface area (Å²) in [6.07, 6.45) is 11.5. The molecule has 2 aromatic heterocycles. The summed E-state index contributed by atoms with van der Waals surface area (Å²) >= 11 is 1.68. The van der Waals surface area contributed by atoms with Gasteiger partial charge in [-0.2, -0.15) is 0 Å². The second kappa shape index (κ2) is 6.16. The number of carbonyl (C=O) groups is 1. The van der Waals surface area contributed by atoms with E-state index in [2.05, 4.69) is 38.4 Å². The van der Waals surface area contributed by atoms with Crippen LogP contribution in [0.25, 0.3) is 10.7 Å². The fourth-order valence-corrected chi connectivity index (χ4v) is 3.87. The van der Waals surface area contributed by atoms with Crippen LogP contribution in [-0.2, 0) is 12.8 Å². The van der Waals surface area contributed by atoms with Gasteiger partial charge in [-0.3, -0.25) is 4.79 Å². The van der Waals surface area contributed by atoms with Crippen molar-refractivity contribution >= 4 is 17.2 Å². The molecule has 1 aliphatic carbocycles. The van der Waals surface area contributed by atoms with E-state index in [-0.39, 0.29) is 5.91 Å². The first kappa shape index (κ1) is 15.0. The first-order chi connectivity index (χ1) is 11.7. The summed E-state index contributed by atoms with van der Waals surface area (Å²) in [6.45, 7) is 2.01. The van der Waals surface area contributed by atoms with E-state index in [0.717, 1.165) is 36.6 Å². The largest absolute Gasteiger partial charge is 0.371 e. The molecule has 1 amide bonds. The maximum atomic E-state index is 11.5. The molecule has 4 rings (SSSR count). The van der Waals surface area contributed by atoms with E-state index in [4.69, 9.17) is 4.98 Å². The lowest BCUT2D eigenvalue weighted by Crippen LogP contribution is -2.26. The molecule has 0 saturated carbocycles. The summed E-state index contributed by atoms with van der Waals surface area (Å²) in [6, 6.07) is 0. The number of hydrogen-bond acceptors (Lipinski definition) is 6. The number of allylic oxidation sites excluding steroid dienone is 3. The van der Waals surface area contributed by atoms with Crippen LogP contribution in [0.5, 0.6) is 0 Å². The number of aromatic nitrogens is 3. The van der Waals surface area contributed by atoms with Gasteiger partial charge < -0.3 is 10.2 Å². The molecule has 1 aliphatic heterocycles. The minimum atomic E-state index is -0.233. The summed E-state index contributed by atoms with van der Waals surface area (Å²) in [7, 11) is 1.58. The topological polar surface area (TPSA) is 71.0 Å². The van der Waals surface area contributed by atoms with Crippen molar-refractivity contribution in [1.29, 1.82) is 0 Å². The normalized spacial score (nSPS) is 16.0. The number of amides is 1. The van der Waals surface area contributed by atoms with Gasteiger partial charge in [0.1, 0.15) is 16.4 Å². The minimum absolute atomic E-state index is 0.233. The van der Waals surface area contributed by atoms with Crippen LogP contribution >= 0.6 is 11.3 Å². The van der Waals surface area contributed by atoms with Crippen molar-refractivity contribution < 1.29 is 4.79 Å². The zero-order valence-corrected chi connectivity index (χ0v) is 14.1. The Hall–Kier alpha value is -2.54. The molecular formula is C17H17N5OS. The highest BCUT2D eigenvalue weighted by atomic mass is 32.1. The number of nitrogens with zero attached hydrogens (tertiary/aromatic N) is 4. The lowest BCUT2D eigenvalue weighted by atomic mass is 10.2. The van der Waals surface area contributed by atoms with Crippen molar-refractivity contribution in [3.63, 3.8) is 0 Å². The molecule has 6 nitrogen and oxygen atoms in total. The number of fused-ring (bicyclic) bond motifs is 1. The molecule has 122 valence electrons. The van der Waals surface area contributed by atoms with Gasteiger partial charge in [0, 0.05) is 43.6 Å². The third kappa shape index (κ3) is 2.71. The molecule has 0 aromatic carbocycles. The van der Waals surface area contributed by atoms with Crippen molar-refractivity contribution in [1.82, 2.24) is 25.2 Å². The molecule has 0 spiro atoms. The number of thiazole rings is 1.